The van der Waals surface area contributed by atoms with Gasteiger partial charge in [0.25, 0.3) is 0 Å². The lowest BCUT2D eigenvalue weighted by Crippen LogP contribution is -2.10. The van der Waals surface area contributed by atoms with Crippen LogP contribution in [0.5, 0.6) is 17.2 Å². The van der Waals surface area contributed by atoms with Gasteiger partial charge in [-0.15, -0.1) is 0 Å². The third-order valence-corrected chi connectivity index (χ3v) is 5.56. The molecule has 0 aliphatic heterocycles. The molecule has 3 aromatic rings. The molecule has 10 heteroatoms. The number of para-hydroxylation sites is 1. The highest BCUT2D eigenvalue weighted by Crippen LogP contribution is 2.50. The number of rotatable bonds is 6. The molecule has 152 valence electrons. The highest BCUT2D eigenvalue weighted by Gasteiger charge is 2.34. The van der Waals surface area contributed by atoms with Gasteiger partial charge in [0.15, 0.2) is 0 Å². The van der Waals surface area contributed by atoms with Crippen molar-refractivity contribution in [2.24, 2.45) is 0 Å². The molecule has 0 saturated carbocycles. The smallest absolute Gasteiger partial charge is 0.386 e. The molecule has 3 rings (SSSR count). The number of benzene rings is 3. The molecule has 3 aromatic carbocycles. The van der Waals surface area contributed by atoms with Crippen LogP contribution in [0.25, 0.3) is 0 Å². The maximum absolute atomic E-state index is 13.8. The summed E-state index contributed by atoms with van der Waals surface area (Å²) in [5, 5.41) is -0.347. The second-order valence-corrected chi connectivity index (χ2v) is 7.87. The zero-order chi connectivity index (χ0) is 21.2. The lowest BCUT2D eigenvalue weighted by molar-refractivity contribution is 0.296. The average molecular weight is 444 g/mol. The van der Waals surface area contributed by atoms with E-state index in [0.717, 1.165) is 24.3 Å². The SMILES string of the molecule is Cc1c(F)cc(OP(=O)(Oc2ccccc2)Oc2cc(F)c(P)c(F)c2)cc1F. The molecule has 4 nitrogen and oxygen atoms in total. The van der Waals surface area contributed by atoms with Gasteiger partial charge in [0.2, 0.25) is 0 Å². The maximum Gasteiger partial charge on any atom is 0.647 e. The van der Waals surface area contributed by atoms with Gasteiger partial charge in [-0.2, -0.15) is 4.57 Å². The molecule has 0 aliphatic carbocycles. The van der Waals surface area contributed by atoms with Crippen molar-refractivity contribution in [3.63, 3.8) is 0 Å². The minimum atomic E-state index is -4.67. The quantitative estimate of drug-likeness (QED) is 0.362. The van der Waals surface area contributed by atoms with E-state index in [0.29, 0.717) is 0 Å². The van der Waals surface area contributed by atoms with E-state index in [1.165, 1.54) is 19.1 Å². The average Bonchev–Trinajstić information content (AvgIpc) is 2.64. The van der Waals surface area contributed by atoms with Crippen LogP contribution in [0.1, 0.15) is 5.56 Å². The van der Waals surface area contributed by atoms with Crippen LogP contribution in [0.4, 0.5) is 17.6 Å². The first kappa shape index (κ1) is 21.2. The van der Waals surface area contributed by atoms with Crippen molar-refractivity contribution in [3.8, 4) is 17.2 Å². The van der Waals surface area contributed by atoms with Crippen LogP contribution in [0.15, 0.2) is 54.6 Å². The lowest BCUT2D eigenvalue weighted by atomic mass is 10.2. The fraction of sp³-hybridized carbons (Fsp3) is 0.0526. The van der Waals surface area contributed by atoms with Crippen LogP contribution in [0.3, 0.4) is 0 Å². The van der Waals surface area contributed by atoms with E-state index in [9.17, 15) is 22.1 Å². The number of phosphoric acid groups is 1. The Morgan fingerprint density at radius 2 is 1.14 bits per heavy atom. The summed E-state index contributed by atoms with van der Waals surface area (Å²) in [5.74, 6) is -4.82. The molecule has 0 spiro atoms. The summed E-state index contributed by atoms with van der Waals surface area (Å²) in [6.45, 7) is 1.21. The number of hydrogen-bond acceptors (Lipinski definition) is 4. The molecular weight excluding hydrogens is 430 g/mol. The van der Waals surface area contributed by atoms with E-state index >= 15 is 0 Å². The molecule has 0 saturated heterocycles. The monoisotopic (exact) mass is 444 g/mol. The van der Waals surface area contributed by atoms with Crippen LogP contribution < -0.4 is 18.9 Å². The molecule has 29 heavy (non-hydrogen) atoms. The second-order valence-electron chi connectivity index (χ2n) is 5.85. The van der Waals surface area contributed by atoms with Gasteiger partial charge in [0.05, 0.1) is 0 Å². The Balaban J connectivity index is 1.99. The largest absolute Gasteiger partial charge is 0.647 e. The van der Waals surface area contributed by atoms with E-state index in [1.807, 2.05) is 9.24 Å². The Bertz CT molecular complexity index is 983. The van der Waals surface area contributed by atoms with Crippen molar-refractivity contribution in [1.29, 1.82) is 0 Å². The predicted molar refractivity (Wildman–Crippen MR) is 103 cm³/mol. The van der Waals surface area contributed by atoms with E-state index in [2.05, 4.69) is 0 Å². The summed E-state index contributed by atoms with van der Waals surface area (Å²) in [6, 6.07) is 10.7. The van der Waals surface area contributed by atoms with Crippen molar-refractivity contribution in [2.45, 2.75) is 6.92 Å². The summed E-state index contributed by atoms with van der Waals surface area (Å²) < 4.78 is 83.9. The number of hydrogen-bond donors (Lipinski definition) is 0. The Morgan fingerprint density at radius 1 is 0.724 bits per heavy atom. The lowest BCUT2D eigenvalue weighted by Gasteiger charge is -2.20. The van der Waals surface area contributed by atoms with Crippen molar-refractivity contribution in [3.05, 3.63) is 83.4 Å². The third kappa shape index (κ3) is 5.08. The van der Waals surface area contributed by atoms with Crippen molar-refractivity contribution < 1.29 is 35.7 Å². The Morgan fingerprint density at radius 3 is 1.62 bits per heavy atom. The van der Waals surface area contributed by atoms with Gasteiger partial charge < -0.3 is 13.6 Å². The van der Waals surface area contributed by atoms with E-state index in [4.69, 9.17) is 13.6 Å². The normalized spacial score (nSPS) is 12.9. The van der Waals surface area contributed by atoms with Gasteiger partial charge in [-0.05, 0) is 19.1 Å². The fourth-order valence-corrected chi connectivity index (χ4v) is 3.60. The predicted octanol–water partition coefficient (Wildman–Crippen LogP) is 5.70. The Hall–Kier alpha value is -2.56. The number of phosphoric ester groups is 1. The first-order valence-corrected chi connectivity index (χ1v) is 10.1. The summed E-state index contributed by atoms with van der Waals surface area (Å²) in [5.41, 5.74) is -0.266. The minimum absolute atomic E-state index is 0.0347. The molecule has 2 unspecified atom stereocenters. The zero-order valence-electron chi connectivity index (χ0n) is 14.9. The molecule has 0 radical (unpaired) electrons. The highest BCUT2D eigenvalue weighted by molar-refractivity contribution is 7.49. The van der Waals surface area contributed by atoms with E-state index in [1.54, 1.807) is 18.2 Å². The van der Waals surface area contributed by atoms with E-state index < -0.39 is 42.6 Å². The molecule has 2 atom stereocenters. The summed E-state index contributed by atoms with van der Waals surface area (Å²) in [4.78, 5) is 0. The van der Waals surface area contributed by atoms with E-state index in [-0.39, 0.29) is 16.6 Å². The molecule has 0 fully saturated rings. The van der Waals surface area contributed by atoms with Gasteiger partial charge in [0, 0.05) is 35.1 Å². The molecule has 0 bridgehead atoms. The van der Waals surface area contributed by atoms with Crippen molar-refractivity contribution in [1.82, 2.24) is 0 Å². The molecule has 0 N–H and O–H groups in total. The number of halogens is 4. The summed E-state index contributed by atoms with van der Waals surface area (Å²) >= 11 is 0. The van der Waals surface area contributed by atoms with Gasteiger partial charge >= 0.3 is 7.82 Å². The second kappa shape index (κ2) is 8.44. The Labute approximate surface area is 166 Å². The van der Waals surface area contributed by atoms with Gasteiger partial charge in [-0.3, -0.25) is 0 Å². The minimum Gasteiger partial charge on any atom is -0.386 e. The zero-order valence-corrected chi connectivity index (χ0v) is 16.9. The van der Waals surface area contributed by atoms with Crippen LogP contribution in [-0.4, -0.2) is 0 Å². The van der Waals surface area contributed by atoms with Crippen molar-refractivity contribution in [2.75, 3.05) is 0 Å². The third-order valence-electron chi connectivity index (χ3n) is 3.70. The van der Waals surface area contributed by atoms with Crippen LogP contribution in [-0.2, 0) is 4.57 Å². The Kier molecular flexibility index (Phi) is 6.15. The van der Waals surface area contributed by atoms with Gasteiger partial charge in [0.1, 0.15) is 40.5 Å². The van der Waals surface area contributed by atoms with Gasteiger partial charge in [-0.1, -0.05) is 27.4 Å². The molecule has 0 amide bonds. The summed E-state index contributed by atoms with van der Waals surface area (Å²) in [6.07, 6.45) is 0. The summed E-state index contributed by atoms with van der Waals surface area (Å²) in [7, 11) is -2.79. The molecule has 0 aliphatic rings. The highest BCUT2D eigenvalue weighted by atomic mass is 31.2. The first-order chi connectivity index (χ1) is 13.7. The fourth-order valence-electron chi connectivity index (χ4n) is 2.21. The standard InChI is InChI=1S/C19H14F4O4P2/c1-11-15(20)7-13(8-16(11)21)26-29(24,25-12-5-3-2-4-6-12)27-14-9-17(22)19(28)18(23)10-14/h2-10H,28H2,1H3. The van der Waals surface area contributed by atoms with Gasteiger partial charge in [-0.25, -0.2) is 17.6 Å². The molecule has 0 heterocycles. The topological polar surface area (TPSA) is 44.8 Å². The maximum atomic E-state index is 13.8. The molecular formula is C19H14F4O4P2. The molecule has 0 aromatic heterocycles. The van der Waals surface area contributed by atoms with Crippen LogP contribution in [0.2, 0.25) is 0 Å². The van der Waals surface area contributed by atoms with Crippen molar-refractivity contribution >= 4 is 22.4 Å². The first-order valence-electron chi connectivity index (χ1n) is 8.11. The van der Waals surface area contributed by atoms with Crippen LogP contribution >= 0.6 is 17.1 Å². The van der Waals surface area contributed by atoms with Crippen LogP contribution in [0, 0.1) is 30.2 Å².